The molecule has 0 aliphatic heterocycles. The molecule has 0 bridgehead atoms. The van der Waals surface area contributed by atoms with E-state index in [0.717, 1.165) is 19.3 Å². The number of nitrogens with one attached hydrogen (secondary N) is 1. The molecule has 1 atom stereocenters. The number of rotatable bonds is 7. The molecule has 0 saturated heterocycles. The molecule has 1 aromatic carbocycles. The number of benzene rings is 1. The Hall–Kier alpha value is -1.61. The van der Waals surface area contributed by atoms with E-state index in [9.17, 15) is 0 Å². The van der Waals surface area contributed by atoms with E-state index in [2.05, 4.69) is 67.7 Å². The van der Waals surface area contributed by atoms with Gasteiger partial charge in [0.1, 0.15) is 0 Å². The monoisotopic (exact) mass is 285 g/mol. The van der Waals surface area contributed by atoms with Crippen LogP contribution in [0.1, 0.15) is 43.1 Å². The molecule has 0 saturated carbocycles. The smallest absolute Gasteiger partial charge is 0.0640 e. The van der Waals surface area contributed by atoms with Gasteiger partial charge in [0.25, 0.3) is 0 Å². The number of nitrogens with zero attached hydrogens (tertiary/aromatic N) is 2. The minimum absolute atomic E-state index is 0.430. The maximum Gasteiger partial charge on any atom is 0.0640 e. The third-order valence-corrected chi connectivity index (χ3v) is 3.96. The van der Waals surface area contributed by atoms with Crippen molar-refractivity contribution in [2.45, 2.75) is 52.1 Å². The molecule has 21 heavy (non-hydrogen) atoms. The zero-order valence-electron chi connectivity index (χ0n) is 13.6. The van der Waals surface area contributed by atoms with Crippen LogP contribution in [0.2, 0.25) is 0 Å². The fourth-order valence-corrected chi connectivity index (χ4v) is 2.47. The molecule has 114 valence electrons. The lowest BCUT2D eigenvalue weighted by atomic mass is 10.0. The van der Waals surface area contributed by atoms with E-state index in [1.54, 1.807) is 0 Å². The molecule has 0 fully saturated rings. The summed E-state index contributed by atoms with van der Waals surface area (Å²) >= 11 is 0. The van der Waals surface area contributed by atoms with E-state index in [-0.39, 0.29) is 0 Å². The van der Waals surface area contributed by atoms with Gasteiger partial charge in [0, 0.05) is 24.7 Å². The lowest BCUT2D eigenvalue weighted by molar-refractivity contribution is 0.493. The van der Waals surface area contributed by atoms with Crippen LogP contribution in [0, 0.1) is 6.92 Å². The van der Waals surface area contributed by atoms with Crippen molar-refractivity contribution in [3.63, 3.8) is 0 Å². The van der Waals surface area contributed by atoms with Gasteiger partial charge in [0.05, 0.1) is 5.69 Å². The average molecular weight is 285 g/mol. The SMILES string of the molecule is CNC(CCc1ccc(C)cc1)Cc1ccn(C(C)C)n1. The Morgan fingerprint density at radius 1 is 1.14 bits per heavy atom. The quantitative estimate of drug-likeness (QED) is 0.843. The Morgan fingerprint density at radius 3 is 2.43 bits per heavy atom. The molecule has 2 rings (SSSR count). The highest BCUT2D eigenvalue weighted by Crippen LogP contribution is 2.11. The summed E-state index contributed by atoms with van der Waals surface area (Å²) in [4.78, 5) is 0. The first-order chi connectivity index (χ1) is 10.1. The summed E-state index contributed by atoms with van der Waals surface area (Å²) in [6.07, 6.45) is 5.31. The van der Waals surface area contributed by atoms with Gasteiger partial charge < -0.3 is 5.32 Å². The minimum Gasteiger partial charge on any atom is -0.317 e. The highest BCUT2D eigenvalue weighted by Gasteiger charge is 2.10. The normalized spacial score (nSPS) is 12.8. The summed E-state index contributed by atoms with van der Waals surface area (Å²) < 4.78 is 2.03. The Labute approximate surface area is 128 Å². The van der Waals surface area contributed by atoms with E-state index in [1.807, 2.05) is 11.7 Å². The summed E-state index contributed by atoms with van der Waals surface area (Å²) in [5.41, 5.74) is 3.91. The summed E-state index contributed by atoms with van der Waals surface area (Å²) in [5, 5.41) is 8.06. The second-order valence-electron chi connectivity index (χ2n) is 6.09. The van der Waals surface area contributed by atoms with Gasteiger partial charge in [-0.3, -0.25) is 4.68 Å². The van der Waals surface area contributed by atoms with E-state index >= 15 is 0 Å². The maximum absolute atomic E-state index is 4.64. The fraction of sp³-hybridized carbons (Fsp3) is 0.500. The van der Waals surface area contributed by atoms with Gasteiger partial charge >= 0.3 is 0 Å². The van der Waals surface area contributed by atoms with Crippen LogP contribution >= 0.6 is 0 Å². The molecule has 3 heteroatoms. The van der Waals surface area contributed by atoms with Gasteiger partial charge in [-0.05, 0) is 52.3 Å². The van der Waals surface area contributed by atoms with Crippen LogP contribution in [0.25, 0.3) is 0 Å². The molecule has 0 radical (unpaired) electrons. The maximum atomic E-state index is 4.64. The predicted octanol–water partition coefficient (Wildman–Crippen LogP) is 3.54. The van der Waals surface area contributed by atoms with E-state index in [4.69, 9.17) is 0 Å². The Morgan fingerprint density at radius 2 is 1.86 bits per heavy atom. The van der Waals surface area contributed by atoms with Gasteiger partial charge in [0.2, 0.25) is 0 Å². The standard InChI is InChI=1S/C18H27N3/c1-14(2)21-12-11-18(20-21)13-17(19-4)10-9-16-7-5-15(3)6-8-16/h5-8,11-12,14,17,19H,9-10,13H2,1-4H3. The summed E-state index contributed by atoms with van der Waals surface area (Å²) in [6.45, 7) is 6.44. The molecule has 1 heterocycles. The predicted molar refractivity (Wildman–Crippen MR) is 88.7 cm³/mol. The molecule has 0 spiro atoms. The lowest BCUT2D eigenvalue weighted by Crippen LogP contribution is -2.28. The van der Waals surface area contributed by atoms with E-state index in [1.165, 1.54) is 16.8 Å². The summed E-state index contributed by atoms with van der Waals surface area (Å²) in [7, 11) is 2.04. The number of hydrogen-bond acceptors (Lipinski definition) is 2. The summed E-state index contributed by atoms with van der Waals surface area (Å²) in [6, 6.07) is 11.9. The van der Waals surface area contributed by atoms with Crippen LogP contribution in [0.15, 0.2) is 36.5 Å². The molecular formula is C18H27N3. The Bertz CT molecular complexity index is 540. The van der Waals surface area contributed by atoms with Gasteiger partial charge in [0.15, 0.2) is 0 Å². The second kappa shape index (κ2) is 7.41. The second-order valence-corrected chi connectivity index (χ2v) is 6.09. The van der Waals surface area contributed by atoms with Gasteiger partial charge in [-0.25, -0.2) is 0 Å². The zero-order chi connectivity index (χ0) is 15.2. The lowest BCUT2D eigenvalue weighted by Gasteiger charge is -2.15. The molecule has 1 aromatic heterocycles. The molecule has 0 aliphatic carbocycles. The van der Waals surface area contributed by atoms with Crippen LogP contribution in [0.5, 0.6) is 0 Å². The largest absolute Gasteiger partial charge is 0.317 e. The molecule has 3 nitrogen and oxygen atoms in total. The van der Waals surface area contributed by atoms with Gasteiger partial charge in [-0.15, -0.1) is 0 Å². The highest BCUT2D eigenvalue weighted by atomic mass is 15.3. The van der Waals surface area contributed by atoms with Crippen LogP contribution in [-0.4, -0.2) is 22.9 Å². The van der Waals surface area contributed by atoms with E-state index < -0.39 is 0 Å². The van der Waals surface area contributed by atoms with Crippen molar-refractivity contribution < 1.29 is 0 Å². The number of hydrogen-bond donors (Lipinski definition) is 1. The Balaban J connectivity index is 1.88. The van der Waals surface area contributed by atoms with Crippen LogP contribution in [0.4, 0.5) is 0 Å². The first-order valence-corrected chi connectivity index (χ1v) is 7.85. The van der Waals surface area contributed by atoms with Crippen molar-refractivity contribution in [3.05, 3.63) is 53.3 Å². The van der Waals surface area contributed by atoms with E-state index in [0.29, 0.717) is 12.1 Å². The molecular weight excluding hydrogens is 258 g/mol. The number of likely N-dealkylation sites (N-methyl/N-ethyl adjacent to an activating group) is 1. The summed E-state index contributed by atoms with van der Waals surface area (Å²) in [5.74, 6) is 0. The van der Waals surface area contributed by atoms with Crippen molar-refractivity contribution in [3.8, 4) is 0 Å². The Kier molecular flexibility index (Phi) is 5.57. The highest BCUT2D eigenvalue weighted by molar-refractivity contribution is 5.21. The number of aromatic nitrogens is 2. The molecule has 0 aliphatic rings. The van der Waals surface area contributed by atoms with Crippen LogP contribution in [0.3, 0.4) is 0 Å². The van der Waals surface area contributed by atoms with Crippen molar-refractivity contribution >= 4 is 0 Å². The molecule has 0 amide bonds. The average Bonchev–Trinajstić information content (AvgIpc) is 2.94. The molecule has 2 aromatic rings. The van der Waals surface area contributed by atoms with Gasteiger partial charge in [-0.1, -0.05) is 29.8 Å². The van der Waals surface area contributed by atoms with Crippen molar-refractivity contribution in [1.82, 2.24) is 15.1 Å². The fourth-order valence-electron chi connectivity index (χ4n) is 2.47. The molecule has 1 unspecified atom stereocenters. The van der Waals surface area contributed by atoms with Gasteiger partial charge in [-0.2, -0.15) is 5.10 Å². The number of aryl methyl sites for hydroxylation is 2. The third-order valence-electron chi connectivity index (χ3n) is 3.96. The van der Waals surface area contributed by atoms with Crippen molar-refractivity contribution in [1.29, 1.82) is 0 Å². The van der Waals surface area contributed by atoms with Crippen LogP contribution in [-0.2, 0) is 12.8 Å². The topological polar surface area (TPSA) is 29.9 Å². The first-order valence-electron chi connectivity index (χ1n) is 7.85. The zero-order valence-corrected chi connectivity index (χ0v) is 13.6. The minimum atomic E-state index is 0.430. The van der Waals surface area contributed by atoms with Crippen molar-refractivity contribution in [2.24, 2.45) is 0 Å². The first kappa shape index (κ1) is 15.8. The van der Waals surface area contributed by atoms with Crippen molar-refractivity contribution in [2.75, 3.05) is 7.05 Å². The molecule has 1 N–H and O–H groups in total. The third kappa shape index (κ3) is 4.71. The van der Waals surface area contributed by atoms with Crippen LogP contribution < -0.4 is 5.32 Å².